The fourth-order valence-electron chi connectivity index (χ4n) is 3.54. The zero-order valence-corrected chi connectivity index (χ0v) is 18.7. The molecule has 0 bridgehead atoms. The SMILES string of the molecule is CC(=O)O.CNC(=O)c1cccc2cccc(S(=O)c3cccc4cccc(C(=O)O)c34)c12. The largest absolute Gasteiger partial charge is 0.481 e. The van der Waals surface area contributed by atoms with Crippen molar-refractivity contribution in [3.05, 3.63) is 83.9 Å². The van der Waals surface area contributed by atoms with Gasteiger partial charge in [0.1, 0.15) is 0 Å². The molecule has 0 fully saturated rings. The van der Waals surface area contributed by atoms with Crippen LogP contribution < -0.4 is 5.32 Å². The highest BCUT2D eigenvalue weighted by Crippen LogP contribution is 2.33. The molecule has 4 aromatic rings. The lowest BCUT2D eigenvalue weighted by Gasteiger charge is -2.13. The molecule has 0 spiro atoms. The molecule has 4 rings (SSSR count). The highest BCUT2D eigenvalue weighted by Gasteiger charge is 2.20. The Morgan fingerprint density at radius 1 is 0.727 bits per heavy atom. The fourth-order valence-corrected chi connectivity index (χ4v) is 5.01. The van der Waals surface area contributed by atoms with Crippen LogP contribution in [0.3, 0.4) is 0 Å². The molecule has 168 valence electrons. The molecule has 0 aliphatic heterocycles. The first kappa shape index (κ1) is 23.6. The topological polar surface area (TPSA) is 121 Å². The van der Waals surface area contributed by atoms with E-state index in [0.717, 1.165) is 12.3 Å². The third kappa shape index (κ3) is 4.91. The molecule has 0 saturated carbocycles. The van der Waals surface area contributed by atoms with Crippen LogP contribution in [0.4, 0.5) is 0 Å². The van der Waals surface area contributed by atoms with Crippen LogP contribution in [-0.4, -0.2) is 39.3 Å². The number of nitrogens with one attached hydrogen (secondary N) is 1. The highest BCUT2D eigenvalue weighted by molar-refractivity contribution is 7.85. The van der Waals surface area contributed by atoms with Crippen LogP contribution in [0.5, 0.6) is 0 Å². The van der Waals surface area contributed by atoms with E-state index in [2.05, 4.69) is 5.32 Å². The monoisotopic (exact) mass is 463 g/mol. The first-order chi connectivity index (χ1) is 15.8. The second-order valence-corrected chi connectivity index (χ2v) is 8.41. The number of carboxylic acid groups (broad SMARTS) is 2. The summed E-state index contributed by atoms with van der Waals surface area (Å²) in [5.74, 6) is -2.19. The van der Waals surface area contributed by atoms with Crippen LogP contribution in [0.25, 0.3) is 21.5 Å². The minimum absolute atomic E-state index is 0.0956. The normalized spacial score (nSPS) is 11.3. The molecule has 7 nitrogen and oxygen atoms in total. The van der Waals surface area contributed by atoms with Crippen molar-refractivity contribution in [2.75, 3.05) is 7.05 Å². The summed E-state index contributed by atoms with van der Waals surface area (Å²) >= 11 is 0. The smallest absolute Gasteiger partial charge is 0.336 e. The number of fused-ring (bicyclic) bond motifs is 2. The lowest BCUT2D eigenvalue weighted by atomic mass is 10.0. The van der Waals surface area contributed by atoms with E-state index >= 15 is 0 Å². The Bertz CT molecular complexity index is 1400. The molecule has 0 saturated heterocycles. The van der Waals surface area contributed by atoms with Gasteiger partial charge in [-0.15, -0.1) is 0 Å². The molecular formula is C25H21NO6S. The Labute approximate surface area is 192 Å². The van der Waals surface area contributed by atoms with E-state index in [0.29, 0.717) is 31.5 Å². The summed E-state index contributed by atoms with van der Waals surface area (Å²) in [7, 11) is -0.149. The van der Waals surface area contributed by atoms with E-state index in [1.165, 1.54) is 6.07 Å². The second-order valence-electron chi connectivity index (χ2n) is 6.99. The van der Waals surface area contributed by atoms with E-state index in [1.54, 1.807) is 61.6 Å². The summed E-state index contributed by atoms with van der Waals surface area (Å²) in [6, 6.07) is 20.9. The molecule has 1 amide bonds. The van der Waals surface area contributed by atoms with Gasteiger partial charge in [-0.1, -0.05) is 48.5 Å². The number of rotatable bonds is 4. The minimum atomic E-state index is -1.69. The lowest BCUT2D eigenvalue weighted by Crippen LogP contribution is -2.18. The number of carbonyl (C=O) groups is 3. The quantitative estimate of drug-likeness (QED) is 0.415. The zero-order chi connectivity index (χ0) is 24.1. The first-order valence-corrected chi connectivity index (χ1v) is 11.0. The molecule has 1 atom stereocenters. The van der Waals surface area contributed by atoms with Crippen molar-refractivity contribution >= 4 is 50.2 Å². The lowest BCUT2D eigenvalue weighted by molar-refractivity contribution is -0.134. The third-order valence-electron chi connectivity index (χ3n) is 4.83. The molecule has 8 heteroatoms. The van der Waals surface area contributed by atoms with Gasteiger partial charge in [0.25, 0.3) is 11.9 Å². The molecule has 0 radical (unpaired) electrons. The van der Waals surface area contributed by atoms with Crippen LogP contribution in [0.1, 0.15) is 27.6 Å². The summed E-state index contributed by atoms with van der Waals surface area (Å²) in [5, 5.41) is 22.2. The summed E-state index contributed by atoms with van der Waals surface area (Å²) in [6.45, 7) is 1.08. The van der Waals surface area contributed by atoms with Crippen molar-refractivity contribution in [2.45, 2.75) is 16.7 Å². The van der Waals surface area contributed by atoms with Crippen LogP contribution in [0.2, 0.25) is 0 Å². The van der Waals surface area contributed by atoms with Gasteiger partial charge >= 0.3 is 5.97 Å². The van der Waals surface area contributed by atoms with Crippen molar-refractivity contribution in [3.63, 3.8) is 0 Å². The van der Waals surface area contributed by atoms with E-state index in [1.807, 2.05) is 12.1 Å². The van der Waals surface area contributed by atoms with Gasteiger partial charge in [0, 0.05) is 30.3 Å². The van der Waals surface area contributed by atoms with Gasteiger partial charge in [0.2, 0.25) is 0 Å². The Hall–Kier alpha value is -4.04. The molecular weight excluding hydrogens is 442 g/mol. The zero-order valence-electron chi connectivity index (χ0n) is 17.9. The summed E-state index contributed by atoms with van der Waals surface area (Å²) < 4.78 is 13.7. The Balaban J connectivity index is 0.000000709. The van der Waals surface area contributed by atoms with Crippen molar-refractivity contribution in [1.29, 1.82) is 0 Å². The number of amides is 1. The number of hydrogen-bond donors (Lipinski definition) is 3. The molecule has 4 aromatic carbocycles. The van der Waals surface area contributed by atoms with Crippen molar-refractivity contribution in [1.82, 2.24) is 5.32 Å². The maximum Gasteiger partial charge on any atom is 0.336 e. The average Bonchev–Trinajstić information content (AvgIpc) is 2.81. The number of benzene rings is 4. The van der Waals surface area contributed by atoms with E-state index in [-0.39, 0.29) is 11.5 Å². The second kappa shape index (κ2) is 10.1. The number of carboxylic acids is 2. The first-order valence-electron chi connectivity index (χ1n) is 9.86. The van der Waals surface area contributed by atoms with Crippen LogP contribution in [0.15, 0.2) is 82.6 Å². The molecule has 0 aliphatic rings. The third-order valence-corrected chi connectivity index (χ3v) is 6.31. The van der Waals surface area contributed by atoms with Gasteiger partial charge in [0.15, 0.2) is 0 Å². The molecule has 0 heterocycles. The Kier molecular flexibility index (Phi) is 7.20. The number of aromatic carboxylic acids is 1. The maximum absolute atomic E-state index is 13.7. The standard InChI is InChI=1S/C23H17NO4S.C2H4O2/c1-24-22(25)16-10-2-6-14-8-4-12-18(20(14)16)29(28)19-13-5-9-15-7-3-11-17(21(15)19)23(26)27;1-2(3)4/h2-13H,1H3,(H,24,25)(H,26,27);1H3,(H,3,4). The van der Waals surface area contributed by atoms with Gasteiger partial charge in [-0.3, -0.25) is 9.59 Å². The predicted molar refractivity (Wildman–Crippen MR) is 126 cm³/mol. The van der Waals surface area contributed by atoms with Crippen LogP contribution in [-0.2, 0) is 15.6 Å². The predicted octanol–water partition coefficient (Wildman–Crippen LogP) is 4.31. The Morgan fingerprint density at radius 3 is 1.55 bits per heavy atom. The van der Waals surface area contributed by atoms with E-state index in [9.17, 15) is 18.9 Å². The summed E-state index contributed by atoms with van der Waals surface area (Å²) in [6.07, 6.45) is 0. The molecule has 0 aliphatic carbocycles. The van der Waals surface area contributed by atoms with Crippen molar-refractivity contribution in [3.8, 4) is 0 Å². The van der Waals surface area contributed by atoms with E-state index in [4.69, 9.17) is 9.90 Å². The molecule has 33 heavy (non-hydrogen) atoms. The number of aliphatic carboxylic acids is 1. The van der Waals surface area contributed by atoms with Gasteiger partial charge in [-0.2, -0.15) is 0 Å². The fraction of sp³-hybridized carbons (Fsp3) is 0.0800. The van der Waals surface area contributed by atoms with Crippen LogP contribution >= 0.6 is 0 Å². The van der Waals surface area contributed by atoms with Gasteiger partial charge in [0.05, 0.1) is 26.2 Å². The van der Waals surface area contributed by atoms with Gasteiger partial charge in [-0.05, 0) is 35.0 Å². The van der Waals surface area contributed by atoms with Crippen molar-refractivity contribution < 1.29 is 28.8 Å². The Morgan fingerprint density at radius 2 is 1.12 bits per heavy atom. The molecule has 3 N–H and O–H groups in total. The summed E-state index contributed by atoms with van der Waals surface area (Å²) in [5.41, 5.74) is 0.519. The van der Waals surface area contributed by atoms with E-state index < -0.39 is 22.7 Å². The number of hydrogen-bond acceptors (Lipinski definition) is 4. The van der Waals surface area contributed by atoms with Crippen LogP contribution in [0, 0.1) is 0 Å². The molecule has 0 aromatic heterocycles. The molecule has 1 unspecified atom stereocenters. The average molecular weight is 464 g/mol. The highest BCUT2D eigenvalue weighted by atomic mass is 32.2. The van der Waals surface area contributed by atoms with Gasteiger partial charge < -0.3 is 15.5 Å². The summed E-state index contributed by atoms with van der Waals surface area (Å²) in [4.78, 5) is 34.0. The van der Waals surface area contributed by atoms with Gasteiger partial charge in [-0.25, -0.2) is 9.00 Å². The van der Waals surface area contributed by atoms with Crippen molar-refractivity contribution in [2.24, 2.45) is 0 Å². The minimum Gasteiger partial charge on any atom is -0.481 e. The number of carbonyl (C=O) groups excluding carboxylic acids is 1. The maximum atomic E-state index is 13.7.